The molecule has 9 heteroatoms. The molecule has 4 aromatic carbocycles. The van der Waals surface area contributed by atoms with Crippen LogP contribution in [-0.4, -0.2) is 35.7 Å². The largest absolute Gasteiger partial charge is 0.494 e. The number of aliphatic hydroxyl groups excluding tert-OH is 1. The minimum Gasteiger partial charge on any atom is -0.494 e. The van der Waals surface area contributed by atoms with Gasteiger partial charge in [0.2, 0.25) is 5.90 Å². The maximum Gasteiger partial charge on any atom is 0.252 e. The lowest BCUT2D eigenvalue weighted by Crippen LogP contribution is -2.49. The van der Waals surface area contributed by atoms with Gasteiger partial charge in [0.1, 0.15) is 5.75 Å². The smallest absolute Gasteiger partial charge is 0.252 e. The molecule has 0 fully saturated rings. The molecule has 1 aliphatic heterocycles. The topological polar surface area (TPSA) is 80.2 Å². The van der Waals surface area contributed by atoms with Crippen LogP contribution in [0.3, 0.4) is 0 Å². The monoisotopic (exact) mass is 666 g/mol. The zero-order valence-electron chi connectivity index (χ0n) is 22.6. The Balaban J connectivity index is 1.54. The van der Waals surface area contributed by atoms with Crippen LogP contribution < -0.4 is 10.1 Å². The van der Waals surface area contributed by atoms with Crippen molar-refractivity contribution in [3.8, 4) is 5.75 Å². The van der Waals surface area contributed by atoms with Crippen molar-refractivity contribution in [1.29, 1.82) is 0 Å². The molecular formula is C33H29BrCl2N2O4. The van der Waals surface area contributed by atoms with Crippen LogP contribution in [0.5, 0.6) is 5.75 Å². The van der Waals surface area contributed by atoms with E-state index in [4.69, 9.17) is 42.8 Å². The fourth-order valence-electron chi connectivity index (χ4n) is 4.83. The average Bonchev–Trinajstić information content (AvgIpc) is 3.40. The van der Waals surface area contributed by atoms with Crippen LogP contribution in [0.1, 0.15) is 34.8 Å². The van der Waals surface area contributed by atoms with Crippen molar-refractivity contribution in [1.82, 2.24) is 5.32 Å². The number of aliphatic imine (C=N–C) groups is 1. The Hall–Kier alpha value is -3.36. The van der Waals surface area contributed by atoms with E-state index in [-0.39, 0.29) is 25.5 Å². The lowest BCUT2D eigenvalue weighted by molar-refractivity contribution is -0.129. The lowest BCUT2D eigenvalue weighted by Gasteiger charge is -2.31. The molecule has 5 rings (SSSR count). The highest BCUT2D eigenvalue weighted by Gasteiger charge is 2.53. The second kappa shape index (κ2) is 13.7. The molecular weight excluding hydrogens is 639 g/mol. The third kappa shape index (κ3) is 6.81. The molecule has 0 bridgehead atoms. The van der Waals surface area contributed by atoms with Crippen LogP contribution in [0, 0.1) is 0 Å². The molecule has 0 radical (unpaired) electrons. The SMILES string of the molecule is O=C(NCc1ccc(Cl)c(Cl)c1)[C@]1(Cc2ccccc2Br)N=C(c2ccc(OCCCO)cc2)O[C@@H]1c1ccccc1. The fraction of sp³-hybridized carbons (Fsp3) is 0.212. The van der Waals surface area contributed by atoms with E-state index in [1.54, 1.807) is 12.1 Å². The van der Waals surface area contributed by atoms with Crippen LogP contribution in [0.15, 0.2) is 107 Å². The predicted octanol–water partition coefficient (Wildman–Crippen LogP) is 7.33. The van der Waals surface area contributed by atoms with Gasteiger partial charge in [0, 0.05) is 36.0 Å². The van der Waals surface area contributed by atoms with Gasteiger partial charge in [-0.3, -0.25) is 4.79 Å². The molecule has 4 aromatic rings. The molecule has 0 unspecified atom stereocenters. The minimum absolute atomic E-state index is 0.0658. The summed E-state index contributed by atoms with van der Waals surface area (Å²) in [7, 11) is 0. The summed E-state index contributed by atoms with van der Waals surface area (Å²) >= 11 is 16.0. The van der Waals surface area contributed by atoms with E-state index in [2.05, 4.69) is 21.2 Å². The van der Waals surface area contributed by atoms with Crippen LogP contribution in [0.25, 0.3) is 0 Å². The van der Waals surface area contributed by atoms with Gasteiger partial charge >= 0.3 is 0 Å². The summed E-state index contributed by atoms with van der Waals surface area (Å²) in [6, 6.07) is 30.1. The van der Waals surface area contributed by atoms with Crippen molar-refractivity contribution >= 4 is 50.9 Å². The second-order valence-electron chi connectivity index (χ2n) is 9.90. The summed E-state index contributed by atoms with van der Waals surface area (Å²) in [6.45, 7) is 0.716. The Morgan fingerprint density at radius 2 is 1.71 bits per heavy atom. The predicted molar refractivity (Wildman–Crippen MR) is 169 cm³/mol. The van der Waals surface area contributed by atoms with E-state index in [1.165, 1.54) is 0 Å². The number of halogens is 3. The number of benzene rings is 4. The summed E-state index contributed by atoms with van der Waals surface area (Å²) in [4.78, 5) is 19.4. The van der Waals surface area contributed by atoms with Gasteiger partial charge in [0.15, 0.2) is 11.6 Å². The van der Waals surface area contributed by atoms with E-state index < -0.39 is 11.6 Å². The van der Waals surface area contributed by atoms with Crippen molar-refractivity contribution in [2.45, 2.75) is 31.0 Å². The van der Waals surface area contributed by atoms with Gasteiger partial charge in [-0.25, -0.2) is 4.99 Å². The highest BCUT2D eigenvalue weighted by atomic mass is 79.9. The number of nitrogens with zero attached hydrogens (tertiary/aromatic N) is 1. The Kier molecular flexibility index (Phi) is 9.85. The summed E-state index contributed by atoms with van der Waals surface area (Å²) < 4.78 is 13.1. The lowest BCUT2D eigenvalue weighted by atomic mass is 9.82. The third-order valence-electron chi connectivity index (χ3n) is 6.99. The summed E-state index contributed by atoms with van der Waals surface area (Å²) in [5.74, 6) is 0.754. The molecule has 0 spiro atoms. The Labute approximate surface area is 263 Å². The van der Waals surface area contributed by atoms with Crippen molar-refractivity contribution in [2.24, 2.45) is 4.99 Å². The fourth-order valence-corrected chi connectivity index (χ4v) is 5.57. The number of hydrogen-bond donors (Lipinski definition) is 2. The quantitative estimate of drug-likeness (QED) is 0.164. The van der Waals surface area contributed by atoms with Gasteiger partial charge in [-0.1, -0.05) is 93.7 Å². The maximum absolute atomic E-state index is 14.4. The molecule has 0 saturated carbocycles. The minimum atomic E-state index is -1.33. The third-order valence-corrected chi connectivity index (χ3v) is 8.50. The highest BCUT2D eigenvalue weighted by molar-refractivity contribution is 9.10. The number of hydrogen-bond acceptors (Lipinski definition) is 5. The Morgan fingerprint density at radius 3 is 2.43 bits per heavy atom. The molecule has 216 valence electrons. The number of nitrogens with one attached hydrogen (secondary N) is 1. The van der Waals surface area contributed by atoms with E-state index in [9.17, 15) is 4.79 Å². The van der Waals surface area contributed by atoms with Crippen LogP contribution in [0.2, 0.25) is 10.0 Å². The number of carbonyl (C=O) groups excluding carboxylic acids is 1. The summed E-state index contributed by atoms with van der Waals surface area (Å²) in [5.41, 5.74) is 1.95. The van der Waals surface area contributed by atoms with Crippen LogP contribution >= 0.6 is 39.1 Å². The van der Waals surface area contributed by atoms with Crippen molar-refractivity contribution in [3.05, 3.63) is 134 Å². The molecule has 6 nitrogen and oxygen atoms in total. The molecule has 0 aliphatic carbocycles. The van der Waals surface area contributed by atoms with E-state index in [1.807, 2.05) is 84.9 Å². The zero-order chi connectivity index (χ0) is 29.5. The second-order valence-corrected chi connectivity index (χ2v) is 11.6. The Bertz CT molecular complexity index is 1570. The Morgan fingerprint density at radius 1 is 0.976 bits per heavy atom. The first-order valence-electron chi connectivity index (χ1n) is 13.5. The van der Waals surface area contributed by atoms with Crippen molar-refractivity contribution < 1.29 is 19.4 Å². The molecule has 2 N–H and O–H groups in total. The zero-order valence-corrected chi connectivity index (χ0v) is 25.7. The average molecular weight is 668 g/mol. The molecule has 42 heavy (non-hydrogen) atoms. The van der Waals surface area contributed by atoms with Gasteiger partial charge in [0.05, 0.1) is 16.7 Å². The van der Waals surface area contributed by atoms with E-state index in [0.29, 0.717) is 34.7 Å². The summed E-state index contributed by atoms with van der Waals surface area (Å²) in [5, 5.41) is 13.0. The van der Waals surface area contributed by atoms with Crippen LogP contribution in [0.4, 0.5) is 0 Å². The number of ether oxygens (including phenoxy) is 2. The molecule has 1 aliphatic rings. The normalized spacial score (nSPS) is 17.8. The van der Waals surface area contributed by atoms with Gasteiger partial charge in [-0.2, -0.15) is 0 Å². The molecule has 0 aromatic heterocycles. The molecule has 0 saturated heterocycles. The van der Waals surface area contributed by atoms with Crippen molar-refractivity contribution in [3.63, 3.8) is 0 Å². The summed E-state index contributed by atoms with van der Waals surface area (Å²) in [6.07, 6.45) is 0.133. The van der Waals surface area contributed by atoms with Gasteiger partial charge in [-0.15, -0.1) is 0 Å². The van der Waals surface area contributed by atoms with Gasteiger partial charge in [0.25, 0.3) is 5.91 Å². The molecule has 2 atom stereocenters. The number of rotatable bonds is 11. The van der Waals surface area contributed by atoms with Gasteiger partial charge < -0.3 is 19.9 Å². The standard InChI is InChI=1S/C33H29BrCl2N2O4/c34-27-10-5-4-9-25(27)20-33(32(40)37-21-22-11-16-28(35)29(36)19-22)30(23-7-2-1-3-8-23)42-31(38-33)24-12-14-26(15-13-24)41-18-6-17-39/h1-5,7-16,19,30,39H,6,17-18,20-21H2,(H,37,40)/t30-,33-/m1/s1. The first kappa shape index (κ1) is 30.1. The maximum atomic E-state index is 14.4. The number of carbonyl (C=O) groups is 1. The molecule has 1 amide bonds. The first-order chi connectivity index (χ1) is 20.4. The molecule has 1 heterocycles. The van der Waals surface area contributed by atoms with Crippen LogP contribution in [-0.2, 0) is 22.5 Å². The highest BCUT2D eigenvalue weighted by Crippen LogP contribution is 2.43. The number of amides is 1. The number of aliphatic hydroxyl groups is 1. The van der Waals surface area contributed by atoms with E-state index in [0.717, 1.165) is 26.7 Å². The van der Waals surface area contributed by atoms with Crippen molar-refractivity contribution in [2.75, 3.05) is 13.2 Å². The first-order valence-corrected chi connectivity index (χ1v) is 15.1. The van der Waals surface area contributed by atoms with Gasteiger partial charge in [-0.05, 0) is 59.2 Å². The van der Waals surface area contributed by atoms with E-state index >= 15 is 0 Å².